The number of ether oxygens (including phenoxy) is 2. The maximum absolute atomic E-state index is 12.2. The molecule has 0 aliphatic carbocycles. The van der Waals surface area contributed by atoms with E-state index in [0.29, 0.717) is 41.7 Å². The standard InChI is InChI=1S/C24H26N2O5/c1-16-11-20(17(2)31-16)24(28)26-14-23(27)25-13-19-9-10-21(22(12-19)29-3)30-15-18-7-5-4-6-8-18/h4-12H,13-15H2,1-3H3,(H,25,27)(H,26,28). The number of aryl methyl sites for hydroxylation is 2. The summed E-state index contributed by atoms with van der Waals surface area (Å²) in [5.74, 6) is 1.75. The molecule has 0 bridgehead atoms. The lowest BCUT2D eigenvalue weighted by Gasteiger charge is -2.13. The van der Waals surface area contributed by atoms with Crippen molar-refractivity contribution in [3.8, 4) is 11.5 Å². The van der Waals surface area contributed by atoms with Crippen molar-refractivity contribution in [2.45, 2.75) is 27.0 Å². The van der Waals surface area contributed by atoms with Crippen LogP contribution in [0.5, 0.6) is 11.5 Å². The molecule has 0 radical (unpaired) electrons. The van der Waals surface area contributed by atoms with Gasteiger partial charge in [-0.1, -0.05) is 36.4 Å². The summed E-state index contributed by atoms with van der Waals surface area (Å²) < 4.78 is 16.6. The molecule has 0 atom stereocenters. The lowest BCUT2D eigenvalue weighted by Crippen LogP contribution is -2.36. The molecular formula is C24H26N2O5. The van der Waals surface area contributed by atoms with Crippen molar-refractivity contribution >= 4 is 11.8 Å². The Kier molecular flexibility index (Phi) is 7.32. The first-order valence-corrected chi connectivity index (χ1v) is 9.92. The second kappa shape index (κ2) is 10.3. The summed E-state index contributed by atoms with van der Waals surface area (Å²) in [6.45, 7) is 4.08. The SMILES string of the molecule is COc1cc(CNC(=O)CNC(=O)c2cc(C)oc2C)ccc1OCc1ccccc1. The third-order valence-electron chi connectivity index (χ3n) is 4.65. The molecule has 3 aromatic rings. The van der Waals surface area contributed by atoms with Gasteiger partial charge in [0.2, 0.25) is 5.91 Å². The maximum atomic E-state index is 12.2. The number of hydrogen-bond acceptors (Lipinski definition) is 5. The Hall–Kier alpha value is -3.74. The van der Waals surface area contributed by atoms with E-state index in [4.69, 9.17) is 13.9 Å². The average molecular weight is 422 g/mol. The van der Waals surface area contributed by atoms with Gasteiger partial charge < -0.3 is 24.5 Å². The summed E-state index contributed by atoms with van der Waals surface area (Å²) in [5.41, 5.74) is 2.34. The number of nitrogens with one attached hydrogen (secondary N) is 2. The Morgan fingerprint density at radius 2 is 1.71 bits per heavy atom. The zero-order chi connectivity index (χ0) is 22.2. The van der Waals surface area contributed by atoms with E-state index >= 15 is 0 Å². The zero-order valence-corrected chi connectivity index (χ0v) is 17.9. The molecule has 2 aromatic carbocycles. The van der Waals surface area contributed by atoms with Gasteiger partial charge in [-0.25, -0.2) is 0 Å². The van der Waals surface area contributed by atoms with Crippen LogP contribution in [0.1, 0.15) is 33.0 Å². The quantitative estimate of drug-likeness (QED) is 0.551. The molecule has 0 aliphatic heterocycles. The van der Waals surface area contributed by atoms with Crippen molar-refractivity contribution < 1.29 is 23.5 Å². The molecule has 0 unspecified atom stereocenters. The third kappa shape index (κ3) is 6.12. The lowest BCUT2D eigenvalue weighted by atomic mass is 10.2. The Morgan fingerprint density at radius 1 is 0.935 bits per heavy atom. The Morgan fingerprint density at radius 3 is 2.39 bits per heavy atom. The molecule has 7 nitrogen and oxygen atoms in total. The molecule has 162 valence electrons. The van der Waals surface area contributed by atoms with Gasteiger partial charge in [0.15, 0.2) is 11.5 Å². The summed E-state index contributed by atoms with van der Waals surface area (Å²) in [6.07, 6.45) is 0. The second-order valence-electron chi connectivity index (χ2n) is 7.05. The first-order valence-electron chi connectivity index (χ1n) is 9.92. The predicted molar refractivity (Wildman–Crippen MR) is 116 cm³/mol. The van der Waals surface area contributed by atoms with Crippen molar-refractivity contribution in [3.63, 3.8) is 0 Å². The fraction of sp³-hybridized carbons (Fsp3) is 0.250. The highest BCUT2D eigenvalue weighted by Gasteiger charge is 2.14. The molecular weight excluding hydrogens is 396 g/mol. The van der Waals surface area contributed by atoms with Gasteiger partial charge in [-0.05, 0) is 43.2 Å². The van der Waals surface area contributed by atoms with Gasteiger partial charge in [-0.15, -0.1) is 0 Å². The van der Waals surface area contributed by atoms with Crippen LogP contribution in [0.2, 0.25) is 0 Å². The van der Waals surface area contributed by atoms with E-state index in [9.17, 15) is 9.59 Å². The Labute approximate surface area is 181 Å². The van der Waals surface area contributed by atoms with Crippen molar-refractivity contribution in [2.75, 3.05) is 13.7 Å². The second-order valence-corrected chi connectivity index (χ2v) is 7.05. The molecule has 0 aliphatic rings. The Balaban J connectivity index is 1.49. The molecule has 2 N–H and O–H groups in total. The number of methoxy groups -OCH3 is 1. The van der Waals surface area contributed by atoms with Gasteiger partial charge >= 0.3 is 0 Å². The lowest BCUT2D eigenvalue weighted by molar-refractivity contribution is -0.120. The van der Waals surface area contributed by atoms with Crippen LogP contribution in [0.15, 0.2) is 59.0 Å². The number of benzene rings is 2. The number of carbonyl (C=O) groups is 2. The summed E-state index contributed by atoms with van der Waals surface area (Å²) >= 11 is 0. The molecule has 0 fully saturated rings. The minimum atomic E-state index is -0.342. The van der Waals surface area contributed by atoms with E-state index in [1.54, 1.807) is 27.0 Å². The zero-order valence-electron chi connectivity index (χ0n) is 17.9. The van der Waals surface area contributed by atoms with Crippen molar-refractivity contribution in [2.24, 2.45) is 0 Å². The largest absolute Gasteiger partial charge is 0.493 e. The van der Waals surface area contributed by atoms with E-state index in [2.05, 4.69) is 10.6 Å². The van der Waals surface area contributed by atoms with E-state index in [1.165, 1.54) is 0 Å². The van der Waals surface area contributed by atoms with Gasteiger partial charge in [0.05, 0.1) is 19.2 Å². The number of carbonyl (C=O) groups excluding carboxylic acids is 2. The van der Waals surface area contributed by atoms with Crippen LogP contribution in [0.4, 0.5) is 0 Å². The monoisotopic (exact) mass is 422 g/mol. The number of furan rings is 1. The van der Waals surface area contributed by atoms with Crippen LogP contribution in [0.3, 0.4) is 0 Å². The predicted octanol–water partition coefficient (Wildman–Crippen LogP) is 3.53. The highest BCUT2D eigenvalue weighted by atomic mass is 16.5. The first kappa shape index (κ1) is 22.0. The van der Waals surface area contributed by atoms with Crippen LogP contribution >= 0.6 is 0 Å². The van der Waals surface area contributed by atoms with Crippen molar-refractivity contribution in [1.82, 2.24) is 10.6 Å². The van der Waals surface area contributed by atoms with Gasteiger partial charge in [-0.2, -0.15) is 0 Å². The normalized spacial score (nSPS) is 10.4. The van der Waals surface area contributed by atoms with Gasteiger partial charge in [0.25, 0.3) is 5.91 Å². The van der Waals surface area contributed by atoms with E-state index in [1.807, 2.05) is 48.5 Å². The highest BCUT2D eigenvalue weighted by molar-refractivity contribution is 5.97. The minimum Gasteiger partial charge on any atom is -0.493 e. The van der Waals surface area contributed by atoms with Crippen LogP contribution in [-0.2, 0) is 17.9 Å². The van der Waals surface area contributed by atoms with Crippen LogP contribution in [0.25, 0.3) is 0 Å². The molecule has 1 aromatic heterocycles. The number of amides is 2. The van der Waals surface area contributed by atoms with Gasteiger partial charge in [0.1, 0.15) is 18.1 Å². The molecule has 0 saturated heterocycles. The number of hydrogen-bond donors (Lipinski definition) is 2. The fourth-order valence-electron chi connectivity index (χ4n) is 3.05. The smallest absolute Gasteiger partial charge is 0.255 e. The number of rotatable bonds is 9. The maximum Gasteiger partial charge on any atom is 0.255 e. The van der Waals surface area contributed by atoms with E-state index in [0.717, 1.165) is 11.1 Å². The van der Waals surface area contributed by atoms with Crippen molar-refractivity contribution in [1.29, 1.82) is 0 Å². The Bertz CT molecular complexity index is 1040. The fourth-order valence-corrected chi connectivity index (χ4v) is 3.05. The summed E-state index contributed by atoms with van der Waals surface area (Å²) in [4.78, 5) is 24.3. The minimum absolute atomic E-state index is 0.127. The van der Waals surface area contributed by atoms with Crippen LogP contribution in [0, 0.1) is 13.8 Å². The summed E-state index contributed by atoms with van der Waals surface area (Å²) in [6, 6.07) is 17.0. The molecule has 0 spiro atoms. The first-order chi connectivity index (χ1) is 15.0. The summed E-state index contributed by atoms with van der Waals surface area (Å²) in [5, 5.41) is 5.38. The van der Waals surface area contributed by atoms with E-state index in [-0.39, 0.29) is 18.4 Å². The molecule has 2 amide bonds. The average Bonchev–Trinajstić information content (AvgIpc) is 3.13. The highest BCUT2D eigenvalue weighted by Crippen LogP contribution is 2.28. The van der Waals surface area contributed by atoms with Crippen LogP contribution in [-0.4, -0.2) is 25.5 Å². The molecule has 1 heterocycles. The van der Waals surface area contributed by atoms with Gasteiger partial charge in [0, 0.05) is 6.54 Å². The molecule has 7 heteroatoms. The molecule has 0 saturated carbocycles. The molecule has 3 rings (SSSR count). The van der Waals surface area contributed by atoms with E-state index < -0.39 is 0 Å². The summed E-state index contributed by atoms with van der Waals surface area (Å²) in [7, 11) is 1.57. The van der Waals surface area contributed by atoms with Crippen LogP contribution < -0.4 is 20.1 Å². The molecule has 31 heavy (non-hydrogen) atoms. The van der Waals surface area contributed by atoms with Crippen molar-refractivity contribution in [3.05, 3.63) is 82.8 Å². The topological polar surface area (TPSA) is 89.8 Å². The van der Waals surface area contributed by atoms with Gasteiger partial charge in [-0.3, -0.25) is 9.59 Å². The third-order valence-corrected chi connectivity index (χ3v) is 4.65.